The third-order valence-electron chi connectivity index (χ3n) is 3.19. The van der Waals surface area contributed by atoms with Gasteiger partial charge in [0.25, 0.3) is 0 Å². The molecule has 96 valence electrons. The molecule has 0 spiro atoms. The van der Waals surface area contributed by atoms with Crippen LogP contribution in [0.3, 0.4) is 0 Å². The van der Waals surface area contributed by atoms with Gasteiger partial charge in [0, 0.05) is 0 Å². The number of unbranched alkanes of at least 4 members (excludes halogenated alkanes) is 8. The molecule has 0 aromatic rings. The van der Waals surface area contributed by atoms with Crippen LogP contribution in [0.25, 0.3) is 0 Å². The molecule has 0 saturated heterocycles. The lowest BCUT2D eigenvalue weighted by molar-refractivity contribution is 0.564. The van der Waals surface area contributed by atoms with E-state index in [1.165, 1.54) is 69.8 Å². The van der Waals surface area contributed by atoms with Crippen LogP contribution in [0.5, 0.6) is 0 Å². The summed E-state index contributed by atoms with van der Waals surface area (Å²) >= 11 is 4.22. The minimum Gasteiger partial charge on any atom is -0.179 e. The first kappa shape index (κ1) is 16.1. The summed E-state index contributed by atoms with van der Waals surface area (Å²) in [6.07, 6.45) is 14.9. The largest absolute Gasteiger partial charge is 0.179 e. The van der Waals surface area contributed by atoms with Crippen LogP contribution < -0.4 is 0 Å². The smallest absolute Gasteiger partial charge is 0.00979 e. The SMILES string of the molecule is C=C(CC)CCCCCCCCCCCS. The summed E-state index contributed by atoms with van der Waals surface area (Å²) in [6.45, 7) is 6.24. The van der Waals surface area contributed by atoms with Gasteiger partial charge in [-0.05, 0) is 31.4 Å². The fraction of sp³-hybridized carbons (Fsp3) is 0.867. The summed E-state index contributed by atoms with van der Waals surface area (Å²) in [4.78, 5) is 0. The fourth-order valence-corrected chi connectivity index (χ4v) is 2.12. The second kappa shape index (κ2) is 13.2. The highest BCUT2D eigenvalue weighted by atomic mass is 32.1. The average molecular weight is 242 g/mol. The topological polar surface area (TPSA) is 0 Å². The molecule has 0 nitrogen and oxygen atoms in total. The Hall–Kier alpha value is 0.0900. The quantitative estimate of drug-likeness (QED) is 0.250. The van der Waals surface area contributed by atoms with Gasteiger partial charge in [-0.25, -0.2) is 0 Å². The molecule has 0 bridgehead atoms. The molecular weight excluding hydrogens is 212 g/mol. The van der Waals surface area contributed by atoms with Crippen molar-refractivity contribution in [2.24, 2.45) is 0 Å². The van der Waals surface area contributed by atoms with E-state index < -0.39 is 0 Å². The van der Waals surface area contributed by atoms with Gasteiger partial charge in [0.1, 0.15) is 0 Å². The predicted octanol–water partition coefficient (Wildman–Crippen LogP) is 5.78. The molecule has 0 aromatic carbocycles. The number of hydrogen-bond acceptors (Lipinski definition) is 1. The van der Waals surface area contributed by atoms with Crippen molar-refractivity contribution in [3.05, 3.63) is 12.2 Å². The predicted molar refractivity (Wildman–Crippen MR) is 79.5 cm³/mol. The van der Waals surface area contributed by atoms with Crippen LogP contribution in [0, 0.1) is 0 Å². The van der Waals surface area contributed by atoms with E-state index in [1.807, 2.05) is 0 Å². The van der Waals surface area contributed by atoms with Gasteiger partial charge in [0.15, 0.2) is 0 Å². The van der Waals surface area contributed by atoms with Crippen LogP contribution in [-0.4, -0.2) is 5.75 Å². The Kier molecular flexibility index (Phi) is 13.2. The van der Waals surface area contributed by atoms with Crippen molar-refractivity contribution < 1.29 is 0 Å². The maximum atomic E-state index is 4.22. The van der Waals surface area contributed by atoms with E-state index in [4.69, 9.17) is 0 Å². The van der Waals surface area contributed by atoms with Crippen LogP contribution >= 0.6 is 12.6 Å². The van der Waals surface area contributed by atoms with Crippen LogP contribution in [0.1, 0.15) is 77.6 Å². The van der Waals surface area contributed by atoms with Gasteiger partial charge in [-0.3, -0.25) is 0 Å². The second-order valence-electron chi connectivity index (χ2n) is 4.76. The molecule has 0 fully saturated rings. The van der Waals surface area contributed by atoms with Crippen molar-refractivity contribution in [2.75, 3.05) is 5.75 Å². The maximum absolute atomic E-state index is 4.22. The first-order valence-corrected chi connectivity index (χ1v) is 7.72. The minimum absolute atomic E-state index is 1.06. The number of allylic oxidation sites excluding steroid dienone is 1. The third-order valence-corrected chi connectivity index (χ3v) is 3.50. The van der Waals surface area contributed by atoms with Gasteiger partial charge in [0.2, 0.25) is 0 Å². The van der Waals surface area contributed by atoms with Gasteiger partial charge in [-0.2, -0.15) is 12.6 Å². The lowest BCUT2D eigenvalue weighted by atomic mass is 10.0. The van der Waals surface area contributed by atoms with E-state index in [2.05, 4.69) is 26.1 Å². The zero-order chi connectivity index (χ0) is 12.1. The highest BCUT2D eigenvalue weighted by Gasteiger charge is 1.94. The Morgan fingerprint density at radius 2 is 1.25 bits per heavy atom. The van der Waals surface area contributed by atoms with Gasteiger partial charge in [-0.1, -0.05) is 64.0 Å². The number of rotatable bonds is 12. The summed E-state index contributed by atoms with van der Waals surface area (Å²) in [6, 6.07) is 0. The molecule has 0 aromatic heterocycles. The van der Waals surface area contributed by atoms with Gasteiger partial charge in [-0.15, -0.1) is 0 Å². The van der Waals surface area contributed by atoms with Crippen LogP contribution in [0.4, 0.5) is 0 Å². The lowest BCUT2D eigenvalue weighted by Gasteiger charge is -2.03. The Bertz CT molecular complexity index is 152. The van der Waals surface area contributed by atoms with E-state index >= 15 is 0 Å². The zero-order valence-electron chi connectivity index (χ0n) is 11.1. The Labute approximate surface area is 108 Å². The summed E-state index contributed by atoms with van der Waals surface area (Å²) in [5.74, 6) is 1.06. The number of hydrogen-bond donors (Lipinski definition) is 1. The average Bonchev–Trinajstić information content (AvgIpc) is 2.31. The summed E-state index contributed by atoms with van der Waals surface area (Å²) in [5.41, 5.74) is 1.42. The highest BCUT2D eigenvalue weighted by Crippen LogP contribution is 2.13. The van der Waals surface area contributed by atoms with Gasteiger partial charge < -0.3 is 0 Å². The molecule has 0 aliphatic carbocycles. The molecule has 0 saturated carbocycles. The zero-order valence-corrected chi connectivity index (χ0v) is 12.0. The van der Waals surface area contributed by atoms with Gasteiger partial charge in [0.05, 0.1) is 0 Å². The summed E-state index contributed by atoms with van der Waals surface area (Å²) in [5, 5.41) is 0. The first-order chi connectivity index (χ1) is 7.81. The van der Waals surface area contributed by atoms with Crippen molar-refractivity contribution in [3.63, 3.8) is 0 Å². The molecule has 0 unspecified atom stereocenters. The van der Waals surface area contributed by atoms with E-state index in [-0.39, 0.29) is 0 Å². The standard InChI is InChI=1S/C15H30S/c1-3-15(2)13-11-9-7-5-4-6-8-10-12-14-16/h16H,2-14H2,1H3. The molecule has 0 amide bonds. The first-order valence-electron chi connectivity index (χ1n) is 7.08. The normalized spacial score (nSPS) is 10.6. The fourth-order valence-electron chi connectivity index (χ4n) is 1.90. The minimum atomic E-state index is 1.06. The lowest BCUT2D eigenvalue weighted by Crippen LogP contribution is -1.84. The van der Waals surface area contributed by atoms with Gasteiger partial charge >= 0.3 is 0 Å². The number of thiol groups is 1. The molecule has 0 heterocycles. The second-order valence-corrected chi connectivity index (χ2v) is 5.21. The molecule has 0 rings (SSSR count). The van der Waals surface area contributed by atoms with Crippen molar-refractivity contribution in [3.8, 4) is 0 Å². The van der Waals surface area contributed by atoms with Crippen molar-refractivity contribution in [1.29, 1.82) is 0 Å². The van der Waals surface area contributed by atoms with E-state index in [0.717, 1.165) is 12.2 Å². The third kappa shape index (κ3) is 12.2. The molecule has 0 aliphatic heterocycles. The molecule has 1 heteroatoms. The van der Waals surface area contributed by atoms with Crippen LogP contribution in [0.2, 0.25) is 0 Å². The van der Waals surface area contributed by atoms with E-state index in [9.17, 15) is 0 Å². The van der Waals surface area contributed by atoms with Crippen LogP contribution in [-0.2, 0) is 0 Å². The molecule has 0 atom stereocenters. The van der Waals surface area contributed by atoms with Crippen molar-refractivity contribution in [1.82, 2.24) is 0 Å². The van der Waals surface area contributed by atoms with Crippen molar-refractivity contribution >= 4 is 12.6 Å². The molecule has 0 aliphatic rings. The van der Waals surface area contributed by atoms with E-state index in [1.54, 1.807) is 0 Å². The van der Waals surface area contributed by atoms with Crippen LogP contribution in [0.15, 0.2) is 12.2 Å². The monoisotopic (exact) mass is 242 g/mol. The molecule has 0 N–H and O–H groups in total. The Balaban J connectivity index is 2.96. The molecule has 16 heavy (non-hydrogen) atoms. The maximum Gasteiger partial charge on any atom is -0.00979 e. The summed E-state index contributed by atoms with van der Waals surface area (Å²) < 4.78 is 0. The van der Waals surface area contributed by atoms with E-state index in [0.29, 0.717) is 0 Å². The highest BCUT2D eigenvalue weighted by molar-refractivity contribution is 7.80. The molecule has 0 radical (unpaired) electrons. The molecular formula is C15H30S. The Morgan fingerprint density at radius 1 is 0.812 bits per heavy atom. The summed E-state index contributed by atoms with van der Waals surface area (Å²) in [7, 11) is 0. The Morgan fingerprint density at radius 3 is 1.69 bits per heavy atom. The van der Waals surface area contributed by atoms with Crippen molar-refractivity contribution in [2.45, 2.75) is 77.6 Å².